The lowest BCUT2D eigenvalue weighted by Gasteiger charge is -2.34. The van der Waals surface area contributed by atoms with Gasteiger partial charge in [0.1, 0.15) is 0 Å². The van der Waals surface area contributed by atoms with E-state index in [2.05, 4.69) is 39.2 Å². The Morgan fingerprint density at radius 1 is 1.00 bits per heavy atom. The number of rotatable bonds is 6. The van der Waals surface area contributed by atoms with Gasteiger partial charge in [-0.3, -0.25) is 14.5 Å². The van der Waals surface area contributed by atoms with Crippen molar-refractivity contribution in [3.63, 3.8) is 0 Å². The van der Waals surface area contributed by atoms with E-state index < -0.39 is 0 Å². The van der Waals surface area contributed by atoms with Gasteiger partial charge in [0.25, 0.3) is 0 Å². The molecule has 2 fully saturated rings. The maximum absolute atomic E-state index is 12.2. The van der Waals surface area contributed by atoms with Crippen LogP contribution in [0.3, 0.4) is 0 Å². The molecule has 0 saturated carbocycles. The average molecular weight is 359 g/mol. The van der Waals surface area contributed by atoms with Gasteiger partial charge in [0.05, 0.1) is 0 Å². The summed E-state index contributed by atoms with van der Waals surface area (Å²) in [5, 5.41) is 2.98. The van der Waals surface area contributed by atoms with Gasteiger partial charge in [-0.2, -0.15) is 0 Å². The van der Waals surface area contributed by atoms with Gasteiger partial charge in [0.15, 0.2) is 0 Å². The molecule has 0 aromatic heterocycles. The summed E-state index contributed by atoms with van der Waals surface area (Å²) < 4.78 is 0. The highest BCUT2D eigenvalue weighted by atomic mass is 16.1. The zero-order chi connectivity index (χ0) is 18.4. The van der Waals surface area contributed by atoms with Crippen molar-refractivity contribution in [1.82, 2.24) is 14.7 Å². The van der Waals surface area contributed by atoms with Gasteiger partial charge in [0, 0.05) is 76.7 Å². The molecule has 2 amide bonds. The van der Waals surface area contributed by atoms with Crippen LogP contribution in [0.5, 0.6) is 0 Å². The third kappa shape index (κ3) is 5.19. The number of hydrogen-bond donors (Lipinski definition) is 1. The second-order valence-corrected chi connectivity index (χ2v) is 7.12. The number of hydrogen-bond acceptors (Lipinski definition) is 5. The Balaban J connectivity index is 1.41. The molecule has 1 N–H and O–H groups in total. The Kier molecular flexibility index (Phi) is 6.46. The first-order chi connectivity index (χ1) is 12.6. The molecule has 0 bridgehead atoms. The van der Waals surface area contributed by atoms with E-state index in [4.69, 9.17) is 0 Å². The number of amides is 2. The minimum absolute atomic E-state index is 0.0372. The van der Waals surface area contributed by atoms with Crippen LogP contribution in [-0.2, 0) is 9.59 Å². The molecule has 3 rings (SSSR count). The zero-order valence-corrected chi connectivity index (χ0v) is 15.6. The maximum atomic E-state index is 12.2. The molecule has 26 heavy (non-hydrogen) atoms. The van der Waals surface area contributed by atoms with E-state index in [0.717, 1.165) is 71.0 Å². The van der Waals surface area contributed by atoms with Crippen LogP contribution in [0.1, 0.15) is 6.42 Å². The lowest BCUT2D eigenvalue weighted by atomic mass is 10.2. The highest BCUT2D eigenvalue weighted by Crippen LogP contribution is 2.19. The third-order valence-electron chi connectivity index (χ3n) is 5.23. The average Bonchev–Trinajstić information content (AvgIpc) is 2.68. The molecule has 0 unspecified atom stereocenters. The second kappa shape index (κ2) is 9.00. The van der Waals surface area contributed by atoms with Crippen LogP contribution < -0.4 is 10.2 Å². The van der Waals surface area contributed by atoms with Gasteiger partial charge in [-0.1, -0.05) is 0 Å². The summed E-state index contributed by atoms with van der Waals surface area (Å²) in [5.41, 5.74) is 2.06. The predicted molar refractivity (Wildman–Crippen MR) is 103 cm³/mol. The van der Waals surface area contributed by atoms with E-state index >= 15 is 0 Å². The molecule has 0 radical (unpaired) electrons. The van der Waals surface area contributed by atoms with E-state index in [1.54, 1.807) is 4.90 Å². The Bertz CT molecular complexity index is 590. The van der Waals surface area contributed by atoms with E-state index in [9.17, 15) is 9.59 Å². The minimum atomic E-state index is 0.0372. The second-order valence-electron chi connectivity index (χ2n) is 7.12. The lowest BCUT2D eigenvalue weighted by molar-refractivity contribution is -0.120. The molecule has 7 heteroatoms. The molecule has 2 saturated heterocycles. The molecule has 0 spiro atoms. The van der Waals surface area contributed by atoms with Gasteiger partial charge in [-0.15, -0.1) is 0 Å². The fraction of sp³-hybridized carbons (Fsp3) is 0.579. The SMILES string of the molecule is CN1CCN(c2ccc(NC(=O)CCN3CCN(C=O)CC3)cc2)CC1. The first-order valence-corrected chi connectivity index (χ1v) is 9.39. The van der Waals surface area contributed by atoms with Gasteiger partial charge < -0.3 is 20.0 Å². The number of likely N-dealkylation sites (N-methyl/N-ethyl adjacent to an activating group) is 1. The summed E-state index contributed by atoms with van der Waals surface area (Å²) in [5.74, 6) is 0.0372. The normalized spacial score (nSPS) is 19.4. The molecule has 1 aromatic carbocycles. The topological polar surface area (TPSA) is 59.1 Å². The molecule has 142 valence electrons. The van der Waals surface area contributed by atoms with Crippen LogP contribution in [0.15, 0.2) is 24.3 Å². The van der Waals surface area contributed by atoms with E-state index in [1.165, 1.54) is 5.69 Å². The van der Waals surface area contributed by atoms with Crippen LogP contribution in [0.2, 0.25) is 0 Å². The summed E-state index contributed by atoms with van der Waals surface area (Å²) in [4.78, 5) is 31.6. The largest absolute Gasteiger partial charge is 0.369 e. The molecular formula is C19H29N5O2. The number of anilines is 2. The summed E-state index contributed by atoms with van der Waals surface area (Å²) in [6.07, 6.45) is 1.37. The van der Waals surface area contributed by atoms with Crippen molar-refractivity contribution < 1.29 is 9.59 Å². The molecule has 2 heterocycles. The number of benzene rings is 1. The number of piperazine rings is 2. The molecule has 7 nitrogen and oxygen atoms in total. The molecule has 2 aliphatic rings. The Morgan fingerprint density at radius 3 is 2.27 bits per heavy atom. The van der Waals surface area contributed by atoms with E-state index in [-0.39, 0.29) is 5.91 Å². The van der Waals surface area contributed by atoms with Crippen molar-refractivity contribution in [3.8, 4) is 0 Å². The standard InChI is InChI=1S/C19H29N5O2/c1-21-8-14-24(15-9-21)18-4-2-17(3-5-18)20-19(26)6-7-22-10-12-23(16-25)13-11-22/h2-5,16H,6-15H2,1H3,(H,20,26). The highest BCUT2D eigenvalue weighted by Gasteiger charge is 2.16. The minimum Gasteiger partial charge on any atom is -0.369 e. The van der Waals surface area contributed by atoms with Gasteiger partial charge in [-0.25, -0.2) is 0 Å². The molecule has 0 atom stereocenters. The quantitative estimate of drug-likeness (QED) is 0.752. The molecule has 2 aliphatic heterocycles. The molecule has 1 aromatic rings. The van der Waals surface area contributed by atoms with E-state index in [0.29, 0.717) is 6.42 Å². The fourth-order valence-corrected chi connectivity index (χ4v) is 3.40. The maximum Gasteiger partial charge on any atom is 0.225 e. The van der Waals surface area contributed by atoms with Crippen LogP contribution in [0.25, 0.3) is 0 Å². The molecular weight excluding hydrogens is 330 g/mol. The van der Waals surface area contributed by atoms with Crippen molar-refractivity contribution in [1.29, 1.82) is 0 Å². The Hall–Kier alpha value is -2.12. The number of carbonyl (C=O) groups is 2. The van der Waals surface area contributed by atoms with Crippen molar-refractivity contribution in [3.05, 3.63) is 24.3 Å². The van der Waals surface area contributed by atoms with Crippen molar-refractivity contribution in [2.45, 2.75) is 6.42 Å². The van der Waals surface area contributed by atoms with Crippen molar-refractivity contribution in [2.24, 2.45) is 0 Å². The number of nitrogens with one attached hydrogen (secondary N) is 1. The summed E-state index contributed by atoms with van der Waals surface area (Å²) >= 11 is 0. The predicted octanol–water partition coefficient (Wildman–Crippen LogP) is 0.541. The lowest BCUT2D eigenvalue weighted by Crippen LogP contribution is -2.46. The zero-order valence-electron chi connectivity index (χ0n) is 15.6. The third-order valence-corrected chi connectivity index (χ3v) is 5.23. The smallest absolute Gasteiger partial charge is 0.225 e. The van der Waals surface area contributed by atoms with Crippen molar-refractivity contribution in [2.75, 3.05) is 76.2 Å². The number of nitrogens with zero attached hydrogens (tertiary/aromatic N) is 4. The van der Waals surface area contributed by atoms with Crippen LogP contribution in [-0.4, -0.2) is 93.0 Å². The monoisotopic (exact) mass is 359 g/mol. The van der Waals surface area contributed by atoms with Crippen LogP contribution in [0, 0.1) is 0 Å². The van der Waals surface area contributed by atoms with Crippen LogP contribution in [0.4, 0.5) is 11.4 Å². The first-order valence-electron chi connectivity index (χ1n) is 9.39. The highest BCUT2D eigenvalue weighted by molar-refractivity contribution is 5.91. The summed E-state index contributed by atoms with van der Waals surface area (Å²) in [7, 11) is 2.15. The summed E-state index contributed by atoms with van der Waals surface area (Å²) in [6, 6.07) is 8.13. The fourth-order valence-electron chi connectivity index (χ4n) is 3.40. The Morgan fingerprint density at radius 2 is 1.65 bits per heavy atom. The first kappa shape index (κ1) is 18.7. The Labute approximate surface area is 155 Å². The number of carbonyl (C=O) groups excluding carboxylic acids is 2. The molecule has 0 aliphatic carbocycles. The summed E-state index contributed by atoms with van der Waals surface area (Å²) in [6.45, 7) is 8.16. The van der Waals surface area contributed by atoms with Gasteiger partial charge >= 0.3 is 0 Å². The van der Waals surface area contributed by atoms with Gasteiger partial charge in [0.2, 0.25) is 12.3 Å². The van der Waals surface area contributed by atoms with Gasteiger partial charge in [-0.05, 0) is 31.3 Å². The van der Waals surface area contributed by atoms with Crippen molar-refractivity contribution >= 4 is 23.7 Å². The van der Waals surface area contributed by atoms with E-state index in [1.807, 2.05) is 12.1 Å². The van der Waals surface area contributed by atoms with Crippen LogP contribution >= 0.6 is 0 Å².